The first kappa shape index (κ1) is 27.1. The molecule has 0 aromatic heterocycles. The fourth-order valence-corrected chi connectivity index (χ4v) is 3.02. The Morgan fingerprint density at radius 3 is 1.84 bits per heavy atom. The number of hydrogen-bond acceptors (Lipinski definition) is 2. The molecule has 1 aliphatic heterocycles. The van der Waals surface area contributed by atoms with Crippen molar-refractivity contribution in [3.05, 3.63) is 90.5 Å². The van der Waals surface area contributed by atoms with Gasteiger partial charge < -0.3 is 4.74 Å². The molecule has 0 atom stereocenters. The number of ether oxygens (including phenoxy) is 1. The Morgan fingerprint density at radius 1 is 0.844 bits per heavy atom. The van der Waals surface area contributed by atoms with Gasteiger partial charge in [-0.2, -0.15) is 0 Å². The van der Waals surface area contributed by atoms with Gasteiger partial charge in [0.2, 0.25) is 0 Å². The van der Waals surface area contributed by atoms with Crippen molar-refractivity contribution in [2.45, 2.75) is 12.8 Å². The van der Waals surface area contributed by atoms with Crippen LogP contribution in [0.3, 0.4) is 0 Å². The van der Waals surface area contributed by atoms with Crippen LogP contribution in [0.1, 0.15) is 18.4 Å². The topological polar surface area (TPSA) is 48.6 Å². The Hall–Kier alpha value is -1.20. The Kier molecular flexibility index (Phi) is 13.2. The van der Waals surface area contributed by atoms with E-state index in [9.17, 15) is 5.21 Å². The summed E-state index contributed by atoms with van der Waals surface area (Å²) >= 11 is -2.13. The third kappa shape index (κ3) is 10.2. The molecule has 0 spiro atoms. The van der Waals surface area contributed by atoms with Crippen LogP contribution < -0.4 is 0 Å². The van der Waals surface area contributed by atoms with Gasteiger partial charge in [0.15, 0.2) is 5.84 Å². The summed E-state index contributed by atoms with van der Waals surface area (Å²) in [7, 11) is 16.6. The average Bonchev–Trinajstić information content (AvgIpc) is 3.39. The van der Waals surface area contributed by atoms with Crippen LogP contribution in [0.15, 0.2) is 89.9 Å². The monoisotopic (exact) mass is 570 g/mol. The van der Waals surface area contributed by atoms with Gasteiger partial charge in [-0.3, -0.25) is 5.21 Å². The van der Waals surface area contributed by atoms with Crippen molar-refractivity contribution < 1.29 is 28.1 Å². The Morgan fingerprint density at radius 2 is 1.34 bits per heavy atom. The van der Waals surface area contributed by atoms with Crippen molar-refractivity contribution in [2.24, 2.45) is 4.99 Å². The van der Waals surface area contributed by atoms with E-state index in [0.29, 0.717) is 5.84 Å². The van der Waals surface area contributed by atoms with Crippen LogP contribution in [0, 0.1) is 0 Å². The number of para-hydroxylation sites is 1. The van der Waals surface area contributed by atoms with E-state index in [1.807, 2.05) is 72.8 Å². The number of nitrogens with zero attached hydrogens (tertiary/aromatic N) is 2. The molecule has 4 rings (SSSR count). The Labute approximate surface area is 208 Å². The van der Waals surface area contributed by atoms with Gasteiger partial charge in [-0.1, -0.05) is 78.9 Å². The molecule has 3 aromatic rings. The quantitative estimate of drug-likeness (QED) is 0.157. The van der Waals surface area contributed by atoms with E-state index in [1.54, 1.807) is 7.05 Å². The van der Waals surface area contributed by atoms with Gasteiger partial charge in [-0.05, 0) is 11.6 Å². The molecule has 32 heavy (non-hydrogen) atoms. The third-order valence-electron chi connectivity index (χ3n) is 4.44. The van der Waals surface area contributed by atoms with Crippen molar-refractivity contribution in [3.8, 4) is 11.1 Å². The Bertz CT molecular complexity index is 928. The molecule has 0 unspecified atom stereocenters. The standard InChI is InChI=1S/C20H18N2O.C4H8O.3ClH.Zr/c1-22(23)20(17-12-6-3-7-13-17)21-19-15-9-8-14-18(19)16-10-4-2-5-11-16;1-2-4-5-3-1;;;;/h2-15,23H,1H3;1-4H2;3*1H;/q;;;;;+3/p-2. The summed E-state index contributed by atoms with van der Waals surface area (Å²) in [6.07, 6.45) is 2.67. The van der Waals surface area contributed by atoms with E-state index in [4.69, 9.17) is 30.5 Å². The molecule has 2 N–H and O–H groups in total. The zero-order valence-electron chi connectivity index (χ0n) is 17.8. The van der Waals surface area contributed by atoms with Crippen LogP contribution in [-0.2, 0) is 18.2 Å². The average molecular weight is 573 g/mol. The summed E-state index contributed by atoms with van der Waals surface area (Å²) in [4.78, 5) is 4.70. The molecule has 0 amide bonds. The molecular formula is C24H27Cl3N2O2Zr+. The van der Waals surface area contributed by atoms with E-state index < -0.39 is 18.2 Å². The summed E-state index contributed by atoms with van der Waals surface area (Å²) in [5.74, 6) is 0.508. The molecule has 1 aliphatic rings. The molecule has 1 saturated heterocycles. The van der Waals surface area contributed by atoms with Crippen LogP contribution in [-0.4, -0.2) is 41.1 Å². The maximum atomic E-state index is 9.99. The van der Waals surface area contributed by atoms with Crippen molar-refractivity contribution in [3.63, 3.8) is 0 Å². The van der Waals surface area contributed by atoms with Crippen LogP contribution in [0.2, 0.25) is 0 Å². The van der Waals surface area contributed by atoms with Crippen LogP contribution >= 0.6 is 25.5 Å². The van der Waals surface area contributed by atoms with E-state index in [2.05, 4.69) is 16.9 Å². The first-order valence-corrected chi connectivity index (χ1v) is 19.7. The molecular weight excluding hydrogens is 546 g/mol. The SMILES string of the molecule is C1CC[OH+]C1.CN(O)C(=Nc1ccccc1-c1ccccc1)c1ccccc1.[Cl][Zr]([Cl])[Cl]. The fraction of sp³-hybridized carbons (Fsp3) is 0.208. The number of hydroxylamine groups is 2. The summed E-state index contributed by atoms with van der Waals surface area (Å²) < 4.78 is 4.08. The summed E-state index contributed by atoms with van der Waals surface area (Å²) in [5.41, 5.74) is 3.81. The zero-order chi connectivity index (χ0) is 23.2. The van der Waals surface area contributed by atoms with Crippen molar-refractivity contribution in [1.82, 2.24) is 5.06 Å². The third-order valence-corrected chi connectivity index (χ3v) is 4.44. The summed E-state index contributed by atoms with van der Waals surface area (Å²) in [6.45, 7) is 2.25. The van der Waals surface area contributed by atoms with Crippen LogP contribution in [0.5, 0.6) is 0 Å². The van der Waals surface area contributed by atoms with Gasteiger partial charge in [0.25, 0.3) is 0 Å². The van der Waals surface area contributed by atoms with E-state index in [-0.39, 0.29) is 0 Å². The first-order chi connectivity index (χ1) is 15.5. The number of amidine groups is 1. The summed E-state index contributed by atoms with van der Waals surface area (Å²) in [6, 6.07) is 27.7. The predicted molar refractivity (Wildman–Crippen MR) is 133 cm³/mol. The minimum atomic E-state index is -2.13. The van der Waals surface area contributed by atoms with Gasteiger partial charge in [-0.25, -0.2) is 10.1 Å². The zero-order valence-corrected chi connectivity index (χ0v) is 22.6. The second kappa shape index (κ2) is 15.6. The number of aliphatic hydroxyl groups is 2. The van der Waals surface area contributed by atoms with Gasteiger partial charge >= 0.3 is 43.7 Å². The van der Waals surface area contributed by atoms with E-state index in [0.717, 1.165) is 40.7 Å². The number of benzene rings is 3. The number of hydrogen-bond donors (Lipinski definition) is 1. The molecule has 1 fully saturated rings. The molecule has 0 bridgehead atoms. The van der Waals surface area contributed by atoms with Crippen LogP contribution in [0.25, 0.3) is 11.1 Å². The van der Waals surface area contributed by atoms with Gasteiger partial charge in [0.1, 0.15) is 13.2 Å². The molecule has 0 aliphatic carbocycles. The van der Waals surface area contributed by atoms with Crippen molar-refractivity contribution >= 4 is 37.1 Å². The van der Waals surface area contributed by atoms with Gasteiger partial charge in [-0.15, -0.1) is 0 Å². The second-order valence-corrected chi connectivity index (χ2v) is 18.0. The molecule has 3 aromatic carbocycles. The van der Waals surface area contributed by atoms with Gasteiger partial charge in [0, 0.05) is 31.0 Å². The van der Waals surface area contributed by atoms with E-state index >= 15 is 0 Å². The number of aliphatic imine (C=N–C) groups is 1. The predicted octanol–water partition coefficient (Wildman–Crippen LogP) is 7.13. The van der Waals surface area contributed by atoms with Crippen molar-refractivity contribution in [1.29, 1.82) is 0 Å². The molecule has 0 saturated carbocycles. The van der Waals surface area contributed by atoms with E-state index in [1.165, 1.54) is 12.8 Å². The first-order valence-electron chi connectivity index (χ1n) is 10.2. The Balaban J connectivity index is 0.000000338. The molecule has 4 nitrogen and oxygen atoms in total. The molecule has 0 radical (unpaired) electrons. The number of rotatable bonds is 3. The second-order valence-electron chi connectivity index (χ2n) is 6.80. The fourth-order valence-electron chi connectivity index (χ4n) is 3.02. The normalized spacial score (nSPS) is 12.7. The van der Waals surface area contributed by atoms with Gasteiger partial charge in [0.05, 0.1) is 5.69 Å². The molecule has 8 heteroatoms. The maximum absolute atomic E-state index is 9.99. The summed E-state index contributed by atoms with van der Waals surface area (Å²) in [5, 5.41) is 11.0. The van der Waals surface area contributed by atoms with Crippen LogP contribution in [0.4, 0.5) is 5.69 Å². The molecule has 169 valence electrons. The number of halogens is 3. The van der Waals surface area contributed by atoms with Crippen molar-refractivity contribution in [2.75, 3.05) is 20.3 Å². The molecule has 1 heterocycles. The minimum absolute atomic E-state index is 0.508.